The molecule has 214 valence electrons. The summed E-state index contributed by atoms with van der Waals surface area (Å²) in [6, 6.07) is 20.6. The molecule has 1 fully saturated rings. The summed E-state index contributed by atoms with van der Waals surface area (Å²) in [4.78, 5) is 15.3. The molecule has 1 aliphatic heterocycles. The summed E-state index contributed by atoms with van der Waals surface area (Å²) in [6.07, 6.45) is 2.90. The summed E-state index contributed by atoms with van der Waals surface area (Å²) in [7, 11) is -5.90. The van der Waals surface area contributed by atoms with E-state index in [-0.39, 0.29) is 16.1 Å². The summed E-state index contributed by atoms with van der Waals surface area (Å²) in [6.45, 7) is 2.52. The Kier molecular flexibility index (Phi) is 9.14. The maximum Gasteiger partial charge on any atom is 0.257 e. The predicted octanol–water partition coefficient (Wildman–Crippen LogP) is 2.74. The fraction of sp³-hybridized carbons (Fsp3) is 0.321. The molecule has 0 spiro atoms. The van der Waals surface area contributed by atoms with Crippen molar-refractivity contribution in [1.29, 1.82) is 0 Å². The van der Waals surface area contributed by atoms with E-state index in [4.69, 9.17) is 5.73 Å². The number of nitrogens with zero attached hydrogens (tertiary/aromatic N) is 3. The van der Waals surface area contributed by atoms with Crippen LogP contribution in [0.15, 0.2) is 77.7 Å². The highest BCUT2D eigenvalue weighted by Gasteiger charge is 2.29. The Morgan fingerprint density at radius 1 is 0.925 bits per heavy atom. The van der Waals surface area contributed by atoms with Crippen molar-refractivity contribution in [3.05, 3.63) is 83.9 Å². The highest BCUT2D eigenvalue weighted by molar-refractivity contribution is 7.92. The third-order valence-electron chi connectivity index (χ3n) is 6.92. The number of benzene rings is 3. The highest BCUT2D eigenvalue weighted by Crippen LogP contribution is 2.25. The maximum absolute atomic E-state index is 13.3. The normalized spacial score (nSPS) is 14.6. The SMILES string of the molecule is CN(c1ccccc1C(=O)Nc1ccc(S(=O)(=O)N2CCN(c3cccc(CCCN)c3)CC2)cc1)S(C)(=O)=O. The van der Waals surface area contributed by atoms with Gasteiger partial charge in [-0.15, -0.1) is 0 Å². The lowest BCUT2D eigenvalue weighted by Crippen LogP contribution is -2.48. The number of hydrogen-bond donors (Lipinski definition) is 2. The first kappa shape index (κ1) is 29.5. The van der Waals surface area contributed by atoms with E-state index in [2.05, 4.69) is 22.3 Å². The molecule has 0 radical (unpaired) electrons. The zero-order chi connectivity index (χ0) is 28.9. The maximum atomic E-state index is 13.3. The van der Waals surface area contributed by atoms with Gasteiger partial charge in [-0.05, 0) is 73.5 Å². The van der Waals surface area contributed by atoms with Crippen molar-refractivity contribution < 1.29 is 21.6 Å². The molecule has 3 N–H and O–H groups in total. The number of nitrogens with two attached hydrogens (primary N) is 1. The van der Waals surface area contributed by atoms with E-state index in [0.29, 0.717) is 38.4 Å². The summed E-state index contributed by atoms with van der Waals surface area (Å²) < 4.78 is 53.1. The van der Waals surface area contributed by atoms with Crippen LogP contribution in [0.4, 0.5) is 17.1 Å². The summed E-state index contributed by atoms with van der Waals surface area (Å²) in [5.41, 5.74) is 8.73. The first-order valence-electron chi connectivity index (χ1n) is 13.0. The molecule has 10 nitrogen and oxygen atoms in total. The van der Waals surface area contributed by atoms with Gasteiger partial charge in [-0.2, -0.15) is 4.31 Å². The van der Waals surface area contributed by atoms with Crippen molar-refractivity contribution >= 4 is 43.0 Å². The number of aryl methyl sites for hydroxylation is 1. The van der Waals surface area contributed by atoms with Gasteiger partial charge < -0.3 is 16.0 Å². The van der Waals surface area contributed by atoms with Crippen LogP contribution in [0.2, 0.25) is 0 Å². The van der Waals surface area contributed by atoms with Crippen molar-refractivity contribution in [1.82, 2.24) is 4.31 Å². The lowest BCUT2D eigenvalue weighted by atomic mass is 10.1. The molecule has 1 saturated heterocycles. The van der Waals surface area contributed by atoms with E-state index >= 15 is 0 Å². The van der Waals surface area contributed by atoms with E-state index < -0.39 is 26.0 Å². The van der Waals surface area contributed by atoms with Crippen molar-refractivity contribution in [3.63, 3.8) is 0 Å². The van der Waals surface area contributed by atoms with Gasteiger partial charge in [0.1, 0.15) is 0 Å². The number of para-hydroxylation sites is 1. The third-order valence-corrected chi connectivity index (χ3v) is 10.0. The number of amides is 1. The molecule has 12 heteroatoms. The van der Waals surface area contributed by atoms with Gasteiger partial charge in [0.2, 0.25) is 20.0 Å². The second-order valence-corrected chi connectivity index (χ2v) is 13.6. The molecule has 0 saturated carbocycles. The number of rotatable bonds is 10. The van der Waals surface area contributed by atoms with Crippen LogP contribution in [0.5, 0.6) is 0 Å². The molecule has 1 heterocycles. The summed E-state index contributed by atoms with van der Waals surface area (Å²) >= 11 is 0. The van der Waals surface area contributed by atoms with Gasteiger partial charge in [0, 0.05) is 44.6 Å². The largest absolute Gasteiger partial charge is 0.369 e. The molecule has 0 atom stereocenters. The number of piperazine rings is 1. The minimum atomic E-state index is -3.71. The lowest BCUT2D eigenvalue weighted by molar-refractivity contribution is 0.102. The second kappa shape index (κ2) is 12.4. The Labute approximate surface area is 236 Å². The molecular weight excluding hydrogens is 550 g/mol. The van der Waals surface area contributed by atoms with E-state index in [0.717, 1.165) is 29.1 Å². The van der Waals surface area contributed by atoms with Crippen LogP contribution in [0.25, 0.3) is 0 Å². The molecule has 3 aromatic carbocycles. The van der Waals surface area contributed by atoms with Gasteiger partial charge in [0.15, 0.2) is 0 Å². The van der Waals surface area contributed by atoms with Gasteiger partial charge in [-0.3, -0.25) is 9.10 Å². The Balaban J connectivity index is 1.41. The predicted molar refractivity (Wildman–Crippen MR) is 159 cm³/mol. The molecule has 0 bridgehead atoms. The molecule has 0 unspecified atom stereocenters. The van der Waals surface area contributed by atoms with E-state index in [9.17, 15) is 21.6 Å². The molecule has 3 aromatic rings. The van der Waals surface area contributed by atoms with E-state index in [1.54, 1.807) is 18.2 Å². The number of carbonyl (C=O) groups is 1. The fourth-order valence-corrected chi connectivity index (χ4v) is 6.52. The number of carbonyl (C=O) groups excluding carboxylic acids is 1. The standard InChI is InChI=1S/C28H35N5O5S2/c1-31(39(2,35)36)27-11-4-3-10-26(27)28(34)30-23-12-14-25(15-13-23)40(37,38)33-19-17-32(18-20-33)24-9-5-7-22(21-24)8-6-16-29/h3-5,7,9-15,21H,6,8,16-20,29H2,1-2H3,(H,30,34). The van der Waals surface area contributed by atoms with Crippen molar-refractivity contribution in [2.45, 2.75) is 17.7 Å². The minimum absolute atomic E-state index is 0.139. The lowest BCUT2D eigenvalue weighted by Gasteiger charge is -2.35. The van der Waals surface area contributed by atoms with Crippen LogP contribution in [0.3, 0.4) is 0 Å². The average Bonchev–Trinajstić information content (AvgIpc) is 2.95. The average molecular weight is 586 g/mol. The Morgan fingerprint density at radius 2 is 1.60 bits per heavy atom. The molecule has 4 rings (SSSR count). The molecule has 40 heavy (non-hydrogen) atoms. The first-order chi connectivity index (χ1) is 19.0. The van der Waals surface area contributed by atoms with Crippen LogP contribution < -0.4 is 20.3 Å². The van der Waals surface area contributed by atoms with Crippen molar-refractivity contribution in [3.8, 4) is 0 Å². The van der Waals surface area contributed by atoms with Gasteiger partial charge in [0.05, 0.1) is 22.4 Å². The van der Waals surface area contributed by atoms with Gasteiger partial charge in [-0.25, -0.2) is 16.8 Å². The quantitative estimate of drug-likeness (QED) is 0.374. The molecular formula is C28H35N5O5S2. The minimum Gasteiger partial charge on any atom is -0.369 e. The van der Waals surface area contributed by atoms with Crippen LogP contribution in [0, 0.1) is 0 Å². The zero-order valence-electron chi connectivity index (χ0n) is 22.7. The monoisotopic (exact) mass is 585 g/mol. The molecule has 0 aromatic heterocycles. The van der Waals surface area contributed by atoms with Crippen LogP contribution in [-0.2, 0) is 26.5 Å². The molecule has 0 aliphatic carbocycles. The molecule has 1 aliphatic rings. The first-order valence-corrected chi connectivity index (χ1v) is 16.3. The van der Waals surface area contributed by atoms with E-state index in [1.807, 2.05) is 12.1 Å². The second-order valence-electron chi connectivity index (χ2n) is 9.68. The van der Waals surface area contributed by atoms with Gasteiger partial charge in [-0.1, -0.05) is 24.3 Å². The number of nitrogens with one attached hydrogen (secondary N) is 1. The van der Waals surface area contributed by atoms with Gasteiger partial charge in [0.25, 0.3) is 5.91 Å². The topological polar surface area (TPSA) is 133 Å². The smallest absolute Gasteiger partial charge is 0.257 e. The van der Waals surface area contributed by atoms with Crippen LogP contribution >= 0.6 is 0 Å². The number of sulfonamides is 2. The molecule has 1 amide bonds. The van der Waals surface area contributed by atoms with Crippen molar-refractivity contribution in [2.75, 3.05) is 60.5 Å². The number of anilines is 3. The Morgan fingerprint density at radius 3 is 2.25 bits per heavy atom. The Hall–Kier alpha value is -3.45. The summed E-state index contributed by atoms with van der Waals surface area (Å²) in [5.74, 6) is -0.509. The Bertz CT molecular complexity index is 1550. The zero-order valence-corrected chi connectivity index (χ0v) is 24.3. The fourth-order valence-electron chi connectivity index (χ4n) is 4.58. The highest BCUT2D eigenvalue weighted by atomic mass is 32.2. The summed E-state index contributed by atoms with van der Waals surface area (Å²) in [5, 5.41) is 2.72. The van der Waals surface area contributed by atoms with E-state index in [1.165, 1.54) is 47.2 Å². The third kappa shape index (κ3) is 6.81. The van der Waals surface area contributed by atoms with Gasteiger partial charge >= 0.3 is 0 Å². The van der Waals surface area contributed by atoms with Crippen molar-refractivity contribution in [2.24, 2.45) is 5.73 Å². The van der Waals surface area contributed by atoms with Crippen LogP contribution in [-0.4, -0.2) is 73.1 Å². The number of hydrogen-bond acceptors (Lipinski definition) is 7. The van der Waals surface area contributed by atoms with Crippen LogP contribution in [0.1, 0.15) is 22.3 Å².